The summed E-state index contributed by atoms with van der Waals surface area (Å²) < 4.78 is 11.3. The van der Waals surface area contributed by atoms with E-state index in [0.29, 0.717) is 31.8 Å². The number of aryl methyl sites for hydroxylation is 1. The number of anilines is 1. The molecule has 1 aliphatic heterocycles. The zero-order valence-corrected chi connectivity index (χ0v) is 23.8. The Morgan fingerprint density at radius 3 is 2.19 bits per heavy atom. The summed E-state index contributed by atoms with van der Waals surface area (Å²) in [6, 6.07) is 10.1. The van der Waals surface area contributed by atoms with Crippen LogP contribution in [-0.2, 0) is 27.3 Å². The second kappa shape index (κ2) is 13.9. The Kier molecular flexibility index (Phi) is 11.5. The summed E-state index contributed by atoms with van der Waals surface area (Å²) in [7, 11) is 0. The highest BCUT2D eigenvalue weighted by atomic mass is 16.5. The minimum atomic E-state index is -0.840. The summed E-state index contributed by atoms with van der Waals surface area (Å²) in [5.74, 6) is -0.840. The van der Waals surface area contributed by atoms with Crippen LogP contribution in [0.1, 0.15) is 71.3 Å². The van der Waals surface area contributed by atoms with Gasteiger partial charge < -0.3 is 24.6 Å². The molecular formula is C30H46N2O5. The van der Waals surface area contributed by atoms with Crippen molar-refractivity contribution in [3.05, 3.63) is 47.3 Å². The normalized spacial score (nSPS) is 15.2. The molecule has 0 atom stereocenters. The van der Waals surface area contributed by atoms with Gasteiger partial charge in [0.25, 0.3) is 0 Å². The van der Waals surface area contributed by atoms with Crippen molar-refractivity contribution in [1.29, 1.82) is 0 Å². The van der Waals surface area contributed by atoms with Gasteiger partial charge in [-0.3, -0.25) is 9.78 Å². The van der Waals surface area contributed by atoms with Gasteiger partial charge in [-0.05, 0) is 58.4 Å². The van der Waals surface area contributed by atoms with Crippen molar-refractivity contribution < 1.29 is 24.5 Å². The van der Waals surface area contributed by atoms with Gasteiger partial charge in [0.15, 0.2) is 0 Å². The molecule has 1 aromatic carbocycles. The van der Waals surface area contributed by atoms with Crippen LogP contribution in [0, 0.1) is 12.3 Å². The quantitative estimate of drug-likeness (QED) is 0.396. The number of pyridine rings is 1. The third-order valence-electron chi connectivity index (χ3n) is 6.19. The second-order valence-electron chi connectivity index (χ2n) is 11.4. The molecule has 3 rings (SSSR count). The van der Waals surface area contributed by atoms with Gasteiger partial charge in [-0.1, -0.05) is 44.2 Å². The van der Waals surface area contributed by atoms with Crippen LogP contribution in [0.4, 0.5) is 5.69 Å². The summed E-state index contributed by atoms with van der Waals surface area (Å²) in [5.41, 5.74) is 5.23. The predicted octanol–water partition coefficient (Wildman–Crippen LogP) is 5.64. The zero-order valence-electron chi connectivity index (χ0n) is 23.8. The van der Waals surface area contributed by atoms with Gasteiger partial charge in [-0.15, -0.1) is 0 Å². The fourth-order valence-electron chi connectivity index (χ4n) is 4.28. The van der Waals surface area contributed by atoms with Crippen LogP contribution in [0.2, 0.25) is 0 Å². The molecule has 1 saturated heterocycles. The third-order valence-corrected chi connectivity index (χ3v) is 6.19. The lowest BCUT2D eigenvalue weighted by molar-refractivity contribution is -0.136. The van der Waals surface area contributed by atoms with E-state index in [2.05, 4.69) is 30.9 Å². The summed E-state index contributed by atoms with van der Waals surface area (Å²) in [5, 5.41) is 18.2. The first-order chi connectivity index (χ1) is 17.3. The number of aliphatic hydroxyl groups is 1. The maximum Gasteiger partial charge on any atom is 0.307 e. The Hall–Kier alpha value is -2.48. The van der Waals surface area contributed by atoms with Crippen LogP contribution in [0.15, 0.2) is 30.3 Å². The highest BCUT2D eigenvalue weighted by Crippen LogP contribution is 2.41. The number of benzene rings is 1. The van der Waals surface area contributed by atoms with Crippen LogP contribution >= 0.6 is 0 Å². The van der Waals surface area contributed by atoms with Crippen molar-refractivity contribution in [3.8, 4) is 11.1 Å². The Balaban J connectivity index is 0.000000877. The molecule has 0 saturated carbocycles. The molecular weight excluding hydrogens is 468 g/mol. The lowest BCUT2D eigenvalue weighted by Gasteiger charge is -2.40. The van der Waals surface area contributed by atoms with Crippen molar-refractivity contribution in [2.45, 2.75) is 79.9 Å². The van der Waals surface area contributed by atoms with Crippen LogP contribution in [0.25, 0.3) is 11.1 Å². The van der Waals surface area contributed by atoms with Crippen molar-refractivity contribution in [1.82, 2.24) is 4.98 Å². The smallest absolute Gasteiger partial charge is 0.307 e. The molecule has 2 heterocycles. The first kappa shape index (κ1) is 30.7. The first-order valence-electron chi connectivity index (χ1n) is 13.2. The standard InChI is InChI=1S/C26H36N2O4.C4H10O/c1-5-31-15-16-32-18-22-24(20-9-7-6-8-10-20)25(21(17-23(29)30)19(2)27-22)28-13-11-26(3,4)12-14-28;1-4(2,3)5/h6-10H,5,11-18H2,1-4H3,(H,29,30);5H,1-3H3. The number of carboxylic acid groups (broad SMARTS) is 1. The number of aliphatic carboxylic acids is 1. The van der Waals surface area contributed by atoms with Crippen molar-refractivity contribution >= 4 is 11.7 Å². The molecule has 0 radical (unpaired) electrons. The maximum atomic E-state index is 11.8. The number of hydrogen-bond donors (Lipinski definition) is 2. The van der Waals surface area contributed by atoms with E-state index in [1.807, 2.05) is 32.0 Å². The monoisotopic (exact) mass is 514 g/mol. The molecule has 1 aliphatic rings. The van der Waals surface area contributed by atoms with E-state index in [9.17, 15) is 9.90 Å². The predicted molar refractivity (Wildman–Crippen MR) is 149 cm³/mol. The molecule has 37 heavy (non-hydrogen) atoms. The van der Waals surface area contributed by atoms with E-state index in [1.165, 1.54) is 0 Å². The fraction of sp³-hybridized carbons (Fsp3) is 0.600. The molecule has 7 heteroatoms. The number of piperidine rings is 1. The van der Waals surface area contributed by atoms with E-state index in [-0.39, 0.29) is 6.42 Å². The van der Waals surface area contributed by atoms with Crippen molar-refractivity contribution in [3.63, 3.8) is 0 Å². The van der Waals surface area contributed by atoms with Crippen LogP contribution < -0.4 is 4.90 Å². The molecule has 2 aromatic rings. The van der Waals surface area contributed by atoms with Gasteiger partial charge >= 0.3 is 5.97 Å². The average Bonchev–Trinajstić information content (AvgIpc) is 2.80. The van der Waals surface area contributed by atoms with Crippen LogP contribution in [0.3, 0.4) is 0 Å². The van der Waals surface area contributed by atoms with E-state index in [4.69, 9.17) is 19.6 Å². The SMILES string of the molecule is CC(C)(C)O.CCOCCOCc1nc(C)c(CC(=O)O)c(N2CCC(C)(C)CC2)c1-c1ccccc1. The van der Waals surface area contributed by atoms with Gasteiger partial charge in [0.05, 0.1) is 43.2 Å². The lowest BCUT2D eigenvalue weighted by atomic mass is 9.82. The number of carboxylic acids is 1. The molecule has 1 aromatic heterocycles. The Bertz CT molecular complexity index is 983. The lowest BCUT2D eigenvalue weighted by Crippen LogP contribution is -2.38. The van der Waals surface area contributed by atoms with Crippen LogP contribution in [-0.4, -0.2) is 59.7 Å². The first-order valence-corrected chi connectivity index (χ1v) is 13.2. The molecule has 0 aliphatic carbocycles. The summed E-state index contributed by atoms with van der Waals surface area (Å²) >= 11 is 0. The molecule has 206 valence electrons. The molecule has 0 amide bonds. The number of rotatable bonds is 10. The maximum absolute atomic E-state index is 11.8. The van der Waals surface area contributed by atoms with Crippen molar-refractivity contribution in [2.75, 3.05) is 37.8 Å². The minimum Gasteiger partial charge on any atom is -0.481 e. The van der Waals surface area contributed by atoms with Gasteiger partial charge in [0.1, 0.15) is 0 Å². The third kappa shape index (κ3) is 10.4. The van der Waals surface area contributed by atoms with E-state index >= 15 is 0 Å². The largest absolute Gasteiger partial charge is 0.481 e. The average molecular weight is 515 g/mol. The number of hydrogen-bond acceptors (Lipinski definition) is 6. The Morgan fingerprint density at radius 1 is 1.08 bits per heavy atom. The summed E-state index contributed by atoms with van der Waals surface area (Å²) in [4.78, 5) is 19.0. The molecule has 0 unspecified atom stereocenters. The second-order valence-corrected chi connectivity index (χ2v) is 11.4. The fourth-order valence-corrected chi connectivity index (χ4v) is 4.28. The van der Waals surface area contributed by atoms with Gasteiger partial charge in [-0.2, -0.15) is 0 Å². The highest BCUT2D eigenvalue weighted by molar-refractivity contribution is 5.86. The van der Waals surface area contributed by atoms with Crippen molar-refractivity contribution in [2.24, 2.45) is 5.41 Å². The summed E-state index contributed by atoms with van der Waals surface area (Å²) in [6.45, 7) is 17.6. The molecule has 0 bridgehead atoms. The number of nitrogens with zero attached hydrogens (tertiary/aromatic N) is 2. The summed E-state index contributed by atoms with van der Waals surface area (Å²) in [6.07, 6.45) is 2.09. The topological polar surface area (TPSA) is 92.1 Å². The Morgan fingerprint density at radius 2 is 1.65 bits per heavy atom. The van der Waals surface area contributed by atoms with E-state index in [1.54, 1.807) is 20.8 Å². The zero-order chi connectivity index (χ0) is 27.6. The van der Waals surface area contributed by atoms with Gasteiger partial charge in [0, 0.05) is 36.5 Å². The highest BCUT2D eigenvalue weighted by Gasteiger charge is 2.30. The molecule has 7 nitrogen and oxygen atoms in total. The number of carbonyl (C=O) groups is 1. The van der Waals surface area contributed by atoms with Gasteiger partial charge in [-0.25, -0.2) is 0 Å². The molecule has 1 fully saturated rings. The van der Waals surface area contributed by atoms with Gasteiger partial charge in [0.2, 0.25) is 0 Å². The molecule has 0 spiro atoms. The van der Waals surface area contributed by atoms with E-state index < -0.39 is 11.6 Å². The minimum absolute atomic E-state index is 0.0423. The van der Waals surface area contributed by atoms with Crippen LogP contribution in [0.5, 0.6) is 0 Å². The Labute approximate surface area is 222 Å². The molecule has 2 N–H and O–H groups in total. The van der Waals surface area contributed by atoms with E-state index in [0.717, 1.165) is 59.7 Å². The number of aromatic nitrogens is 1. The number of ether oxygens (including phenoxy) is 2.